The molecule has 0 fully saturated rings. The van der Waals surface area contributed by atoms with Crippen LogP contribution in [0, 0.1) is 0 Å². The Bertz CT molecular complexity index is 898. The number of nitrogens with zero attached hydrogens (tertiary/aromatic N) is 3. The molecule has 1 amide bonds. The number of quaternary nitrogens is 1. The first-order valence-corrected chi connectivity index (χ1v) is 8.82. The highest BCUT2D eigenvalue weighted by atomic mass is 35.5. The summed E-state index contributed by atoms with van der Waals surface area (Å²) in [6, 6.07) is 12.9. The van der Waals surface area contributed by atoms with Crippen LogP contribution < -0.4 is 10.6 Å². The lowest BCUT2D eigenvalue weighted by molar-refractivity contribution is -0.682. The number of hydrogen-bond acceptors (Lipinski definition) is 3. The highest BCUT2D eigenvalue weighted by Crippen LogP contribution is 2.24. The fourth-order valence-electron chi connectivity index (χ4n) is 2.60. The molecule has 1 heterocycles. The Morgan fingerprint density at radius 3 is 2.81 bits per heavy atom. The molecule has 0 aliphatic carbocycles. The van der Waals surface area contributed by atoms with Crippen LogP contribution in [-0.2, 0) is 4.79 Å². The maximum Gasteiger partial charge on any atom is 0.279 e. The number of halogens is 2. The standard InChI is InChI=1S/C18H17Cl2N5O/c1-12(14-4-2-3-5-15(14)20)22-9-18(26)24-16-8-13(19)6-7-17(16)25-11-21-10-23-25/h2-8,10-12,22H,9H2,1H3,(H,24,26)/p+1/t12-/m0/s1. The zero-order valence-corrected chi connectivity index (χ0v) is 15.6. The molecule has 3 aromatic rings. The van der Waals surface area contributed by atoms with Crippen molar-refractivity contribution < 1.29 is 10.1 Å². The molecule has 1 aromatic heterocycles. The Hall–Kier alpha value is -2.41. The Morgan fingerprint density at radius 1 is 1.27 bits per heavy atom. The molecular formula is C18H18Cl2N5O+. The molecule has 0 radical (unpaired) electrons. The van der Waals surface area contributed by atoms with Crippen LogP contribution in [0.5, 0.6) is 0 Å². The predicted molar refractivity (Wildman–Crippen MR) is 102 cm³/mol. The van der Waals surface area contributed by atoms with Gasteiger partial charge in [-0.25, -0.2) is 9.67 Å². The van der Waals surface area contributed by atoms with Crippen molar-refractivity contribution in [2.45, 2.75) is 13.0 Å². The van der Waals surface area contributed by atoms with E-state index >= 15 is 0 Å². The number of nitrogens with one attached hydrogen (secondary N) is 1. The van der Waals surface area contributed by atoms with Crippen molar-refractivity contribution in [1.29, 1.82) is 0 Å². The summed E-state index contributed by atoms with van der Waals surface area (Å²) in [4.78, 5) is 16.3. The fraction of sp³-hybridized carbons (Fsp3) is 0.167. The Morgan fingerprint density at radius 2 is 2.08 bits per heavy atom. The second kappa shape index (κ2) is 8.31. The molecule has 0 aliphatic heterocycles. The van der Waals surface area contributed by atoms with Crippen molar-refractivity contribution in [3.05, 3.63) is 70.7 Å². The quantitative estimate of drug-likeness (QED) is 0.679. The van der Waals surface area contributed by atoms with E-state index in [0.717, 1.165) is 5.56 Å². The summed E-state index contributed by atoms with van der Waals surface area (Å²) in [5, 5.41) is 10.1. The number of carbonyl (C=O) groups is 1. The highest BCUT2D eigenvalue weighted by Gasteiger charge is 2.15. The van der Waals surface area contributed by atoms with Crippen LogP contribution in [-0.4, -0.2) is 27.2 Å². The van der Waals surface area contributed by atoms with Gasteiger partial charge in [0.05, 0.1) is 11.4 Å². The molecular weight excluding hydrogens is 373 g/mol. The summed E-state index contributed by atoms with van der Waals surface area (Å²) in [5.41, 5.74) is 2.26. The molecule has 26 heavy (non-hydrogen) atoms. The van der Waals surface area contributed by atoms with Crippen LogP contribution in [0.4, 0.5) is 5.69 Å². The van der Waals surface area contributed by atoms with Crippen molar-refractivity contribution in [3.63, 3.8) is 0 Å². The number of anilines is 1. The summed E-state index contributed by atoms with van der Waals surface area (Å²) in [6.07, 6.45) is 2.99. The van der Waals surface area contributed by atoms with Crippen LogP contribution >= 0.6 is 23.2 Å². The van der Waals surface area contributed by atoms with Gasteiger partial charge < -0.3 is 10.6 Å². The summed E-state index contributed by atoms with van der Waals surface area (Å²) in [5.74, 6) is -0.146. The average Bonchev–Trinajstić information content (AvgIpc) is 3.14. The molecule has 2 aromatic carbocycles. The van der Waals surface area contributed by atoms with E-state index in [9.17, 15) is 4.79 Å². The van der Waals surface area contributed by atoms with Crippen LogP contribution in [0.15, 0.2) is 55.1 Å². The zero-order chi connectivity index (χ0) is 18.5. The average molecular weight is 391 g/mol. The fourth-order valence-corrected chi connectivity index (χ4v) is 3.08. The van der Waals surface area contributed by atoms with Crippen molar-refractivity contribution in [3.8, 4) is 5.69 Å². The first kappa shape index (κ1) is 18.4. The van der Waals surface area contributed by atoms with E-state index in [2.05, 4.69) is 15.4 Å². The Balaban J connectivity index is 1.67. The number of nitrogens with two attached hydrogens (primary N) is 1. The SMILES string of the molecule is C[C@H]([NH2+]CC(=O)Nc1cc(Cl)ccc1-n1cncn1)c1ccccc1Cl. The van der Waals surface area contributed by atoms with Crippen molar-refractivity contribution in [2.75, 3.05) is 11.9 Å². The van der Waals surface area contributed by atoms with Gasteiger partial charge in [0.2, 0.25) is 0 Å². The normalized spacial score (nSPS) is 12.0. The van der Waals surface area contributed by atoms with Gasteiger partial charge in [0.25, 0.3) is 5.91 Å². The van der Waals surface area contributed by atoms with Gasteiger partial charge in [-0.15, -0.1) is 0 Å². The number of hydrogen-bond donors (Lipinski definition) is 2. The minimum atomic E-state index is -0.146. The van der Waals surface area contributed by atoms with Gasteiger partial charge in [-0.05, 0) is 31.2 Å². The topological polar surface area (TPSA) is 76.4 Å². The third-order valence-electron chi connectivity index (χ3n) is 3.95. The van der Waals surface area contributed by atoms with E-state index in [0.29, 0.717) is 21.4 Å². The van der Waals surface area contributed by atoms with E-state index in [1.54, 1.807) is 29.2 Å². The molecule has 0 bridgehead atoms. The molecule has 1 atom stereocenters. The van der Waals surface area contributed by atoms with Gasteiger partial charge in [0, 0.05) is 15.6 Å². The van der Waals surface area contributed by atoms with Crippen molar-refractivity contribution in [2.24, 2.45) is 0 Å². The monoisotopic (exact) mass is 390 g/mol. The Kier molecular flexibility index (Phi) is 5.88. The number of aromatic nitrogens is 3. The van der Waals surface area contributed by atoms with Crippen molar-refractivity contribution >= 4 is 34.8 Å². The van der Waals surface area contributed by atoms with Gasteiger partial charge in [-0.1, -0.05) is 41.4 Å². The minimum Gasteiger partial charge on any atom is -0.332 e. The first-order chi connectivity index (χ1) is 12.5. The van der Waals surface area contributed by atoms with E-state index in [-0.39, 0.29) is 18.5 Å². The highest BCUT2D eigenvalue weighted by molar-refractivity contribution is 6.31. The largest absolute Gasteiger partial charge is 0.332 e. The summed E-state index contributed by atoms with van der Waals surface area (Å²) < 4.78 is 1.57. The Labute approximate surface area is 161 Å². The smallest absolute Gasteiger partial charge is 0.279 e. The van der Waals surface area contributed by atoms with Gasteiger partial charge in [-0.2, -0.15) is 5.10 Å². The molecule has 0 spiro atoms. The van der Waals surface area contributed by atoms with Gasteiger partial charge in [0.1, 0.15) is 18.7 Å². The molecule has 134 valence electrons. The number of amides is 1. The molecule has 0 aliphatic rings. The number of rotatable bonds is 6. The van der Waals surface area contributed by atoms with Crippen LogP contribution in [0.3, 0.4) is 0 Å². The van der Waals surface area contributed by atoms with E-state index < -0.39 is 0 Å². The number of benzene rings is 2. The third kappa shape index (κ3) is 4.40. The molecule has 0 saturated heterocycles. The third-order valence-corrected chi connectivity index (χ3v) is 4.53. The second-order valence-electron chi connectivity index (χ2n) is 5.80. The predicted octanol–water partition coefficient (Wildman–Crippen LogP) is 2.84. The lowest BCUT2D eigenvalue weighted by Crippen LogP contribution is -2.86. The second-order valence-corrected chi connectivity index (χ2v) is 6.64. The lowest BCUT2D eigenvalue weighted by Gasteiger charge is -2.14. The summed E-state index contributed by atoms with van der Waals surface area (Å²) >= 11 is 12.3. The van der Waals surface area contributed by atoms with Gasteiger partial charge in [-0.3, -0.25) is 4.79 Å². The molecule has 0 unspecified atom stereocenters. The maximum absolute atomic E-state index is 12.4. The zero-order valence-electron chi connectivity index (χ0n) is 14.1. The summed E-state index contributed by atoms with van der Waals surface area (Å²) in [7, 11) is 0. The maximum atomic E-state index is 12.4. The van der Waals surface area contributed by atoms with Crippen LogP contribution in [0.25, 0.3) is 5.69 Å². The van der Waals surface area contributed by atoms with Crippen LogP contribution in [0.1, 0.15) is 18.5 Å². The minimum absolute atomic E-state index is 0.0589. The summed E-state index contributed by atoms with van der Waals surface area (Å²) in [6.45, 7) is 2.25. The number of carbonyl (C=O) groups excluding carboxylic acids is 1. The molecule has 8 heteroatoms. The first-order valence-electron chi connectivity index (χ1n) is 8.07. The van der Waals surface area contributed by atoms with Gasteiger partial charge >= 0.3 is 0 Å². The molecule has 0 saturated carbocycles. The van der Waals surface area contributed by atoms with Crippen LogP contribution in [0.2, 0.25) is 10.0 Å². The molecule has 3 N–H and O–H groups in total. The van der Waals surface area contributed by atoms with Crippen molar-refractivity contribution in [1.82, 2.24) is 14.8 Å². The lowest BCUT2D eigenvalue weighted by atomic mass is 10.1. The van der Waals surface area contributed by atoms with E-state index in [1.165, 1.54) is 6.33 Å². The molecule has 3 rings (SSSR count). The van der Waals surface area contributed by atoms with Gasteiger partial charge in [0.15, 0.2) is 6.54 Å². The van der Waals surface area contributed by atoms with E-state index in [4.69, 9.17) is 23.2 Å². The molecule has 6 nitrogen and oxygen atoms in total. The van der Waals surface area contributed by atoms with E-state index in [1.807, 2.05) is 36.5 Å².